The molecule has 0 saturated heterocycles. The molecule has 3 nitrogen and oxygen atoms in total. The Bertz CT molecular complexity index is 295. The van der Waals surface area contributed by atoms with E-state index < -0.39 is 0 Å². The highest BCUT2D eigenvalue weighted by Crippen LogP contribution is 2.16. The van der Waals surface area contributed by atoms with Gasteiger partial charge in [-0.1, -0.05) is 26.8 Å². The van der Waals surface area contributed by atoms with Gasteiger partial charge in [0.05, 0.1) is 5.69 Å². The zero-order chi connectivity index (χ0) is 12.0. The molecule has 0 amide bonds. The summed E-state index contributed by atoms with van der Waals surface area (Å²) in [7, 11) is 0. The molecule has 0 aliphatic rings. The van der Waals surface area contributed by atoms with Crippen molar-refractivity contribution in [1.29, 1.82) is 0 Å². The van der Waals surface area contributed by atoms with E-state index >= 15 is 0 Å². The fourth-order valence-corrected chi connectivity index (χ4v) is 1.67. The topological polar surface area (TPSA) is 42.2 Å². The van der Waals surface area contributed by atoms with E-state index in [4.69, 9.17) is 5.73 Å². The largest absolute Gasteiger partial charge is 0.330 e. The quantitative estimate of drug-likeness (QED) is 0.797. The Labute approximate surface area is 98.7 Å². The van der Waals surface area contributed by atoms with Crippen LogP contribution in [0.25, 0.3) is 0 Å². The van der Waals surface area contributed by atoms with E-state index in [1.807, 2.05) is 18.3 Å². The van der Waals surface area contributed by atoms with Crippen molar-refractivity contribution in [3.63, 3.8) is 0 Å². The average Bonchev–Trinajstić information content (AvgIpc) is 2.29. The Morgan fingerprint density at radius 3 is 2.62 bits per heavy atom. The third kappa shape index (κ3) is 4.29. The van der Waals surface area contributed by atoms with Crippen LogP contribution < -0.4 is 5.73 Å². The molecule has 1 rings (SSSR count). The van der Waals surface area contributed by atoms with Crippen LogP contribution in [0.5, 0.6) is 0 Å². The summed E-state index contributed by atoms with van der Waals surface area (Å²) in [4.78, 5) is 6.73. The molecule has 0 unspecified atom stereocenters. The monoisotopic (exact) mass is 221 g/mol. The van der Waals surface area contributed by atoms with Crippen LogP contribution in [-0.4, -0.2) is 29.5 Å². The lowest BCUT2D eigenvalue weighted by atomic mass is 9.93. The van der Waals surface area contributed by atoms with E-state index in [1.54, 1.807) is 0 Å². The van der Waals surface area contributed by atoms with Crippen molar-refractivity contribution < 1.29 is 0 Å². The van der Waals surface area contributed by atoms with Gasteiger partial charge in [-0.15, -0.1) is 0 Å². The number of hydrogen-bond donors (Lipinski definition) is 1. The molecule has 0 aliphatic carbocycles. The fourth-order valence-electron chi connectivity index (χ4n) is 1.67. The molecular formula is C13H23N3. The van der Waals surface area contributed by atoms with E-state index in [0.29, 0.717) is 6.54 Å². The van der Waals surface area contributed by atoms with Gasteiger partial charge in [0.25, 0.3) is 0 Å². The lowest BCUT2D eigenvalue weighted by molar-refractivity contribution is 0.182. The average molecular weight is 221 g/mol. The molecule has 0 saturated carbocycles. The highest BCUT2D eigenvalue weighted by atomic mass is 15.1. The summed E-state index contributed by atoms with van der Waals surface area (Å²) in [6, 6.07) is 6.05. The van der Waals surface area contributed by atoms with Gasteiger partial charge < -0.3 is 5.73 Å². The van der Waals surface area contributed by atoms with Crippen LogP contribution in [0.1, 0.15) is 26.5 Å². The van der Waals surface area contributed by atoms with Crippen LogP contribution in [0.4, 0.5) is 0 Å². The van der Waals surface area contributed by atoms with E-state index in [0.717, 1.165) is 25.3 Å². The lowest BCUT2D eigenvalue weighted by Crippen LogP contribution is -2.38. The van der Waals surface area contributed by atoms with Gasteiger partial charge in [-0.2, -0.15) is 0 Å². The summed E-state index contributed by atoms with van der Waals surface area (Å²) >= 11 is 0. The maximum Gasteiger partial charge on any atom is 0.0543 e. The van der Waals surface area contributed by atoms with Crippen molar-refractivity contribution >= 4 is 0 Å². The highest BCUT2D eigenvalue weighted by molar-refractivity contribution is 5.03. The Kier molecular flexibility index (Phi) is 4.90. The third-order valence-corrected chi connectivity index (χ3v) is 2.76. The fraction of sp³-hybridized carbons (Fsp3) is 0.615. The molecule has 1 heterocycles. The zero-order valence-electron chi connectivity index (χ0n) is 10.6. The van der Waals surface area contributed by atoms with Gasteiger partial charge in [-0.05, 0) is 30.6 Å². The summed E-state index contributed by atoms with van der Waals surface area (Å²) in [5.74, 6) is 0. The third-order valence-electron chi connectivity index (χ3n) is 2.76. The van der Waals surface area contributed by atoms with E-state index in [1.165, 1.54) is 0 Å². The molecule has 1 aromatic heterocycles. The van der Waals surface area contributed by atoms with Gasteiger partial charge in [0, 0.05) is 19.3 Å². The van der Waals surface area contributed by atoms with Gasteiger partial charge in [-0.25, -0.2) is 0 Å². The van der Waals surface area contributed by atoms with Crippen LogP contribution >= 0.6 is 0 Å². The molecule has 0 aliphatic heterocycles. The van der Waals surface area contributed by atoms with Gasteiger partial charge in [0.1, 0.15) is 0 Å². The van der Waals surface area contributed by atoms with Crippen LogP contribution in [0, 0.1) is 5.41 Å². The summed E-state index contributed by atoms with van der Waals surface area (Å²) in [5.41, 5.74) is 7.05. The number of nitrogens with two attached hydrogens (primary N) is 1. The minimum absolute atomic E-state index is 0.171. The molecule has 1 aromatic rings. The first-order valence-electron chi connectivity index (χ1n) is 5.90. The highest BCUT2D eigenvalue weighted by Gasteiger charge is 2.19. The van der Waals surface area contributed by atoms with Gasteiger partial charge in [0.2, 0.25) is 0 Å². The minimum Gasteiger partial charge on any atom is -0.330 e. The number of pyridine rings is 1. The summed E-state index contributed by atoms with van der Waals surface area (Å²) in [5, 5.41) is 0. The second-order valence-electron chi connectivity index (χ2n) is 4.99. The predicted molar refractivity (Wildman–Crippen MR) is 68.0 cm³/mol. The van der Waals surface area contributed by atoms with Crippen molar-refractivity contribution in [3.05, 3.63) is 30.1 Å². The van der Waals surface area contributed by atoms with Gasteiger partial charge >= 0.3 is 0 Å². The van der Waals surface area contributed by atoms with Crippen molar-refractivity contribution in [3.8, 4) is 0 Å². The van der Waals surface area contributed by atoms with E-state index in [-0.39, 0.29) is 5.41 Å². The maximum absolute atomic E-state index is 5.76. The minimum atomic E-state index is 0.171. The Balaban J connectivity index is 2.56. The summed E-state index contributed by atoms with van der Waals surface area (Å²) < 4.78 is 0. The van der Waals surface area contributed by atoms with Crippen molar-refractivity contribution in [1.82, 2.24) is 9.88 Å². The Hall–Kier alpha value is -0.930. The van der Waals surface area contributed by atoms with Crippen LogP contribution in [-0.2, 0) is 6.54 Å². The molecule has 90 valence electrons. The Morgan fingerprint density at radius 2 is 2.12 bits per heavy atom. The molecule has 2 N–H and O–H groups in total. The molecule has 3 heteroatoms. The number of nitrogens with zero attached hydrogens (tertiary/aromatic N) is 2. The van der Waals surface area contributed by atoms with Crippen LogP contribution in [0.3, 0.4) is 0 Å². The second-order valence-corrected chi connectivity index (χ2v) is 4.99. The normalized spacial score (nSPS) is 12.1. The van der Waals surface area contributed by atoms with Crippen molar-refractivity contribution in [2.45, 2.75) is 27.3 Å². The molecule has 0 fully saturated rings. The summed E-state index contributed by atoms with van der Waals surface area (Å²) in [6.45, 7) is 10.2. The molecule has 0 atom stereocenters. The first kappa shape index (κ1) is 13.1. The van der Waals surface area contributed by atoms with E-state index in [2.05, 4.69) is 36.7 Å². The van der Waals surface area contributed by atoms with Crippen molar-refractivity contribution in [2.75, 3.05) is 19.6 Å². The molecule has 0 bridgehead atoms. The van der Waals surface area contributed by atoms with Gasteiger partial charge in [-0.3, -0.25) is 9.88 Å². The Morgan fingerprint density at radius 1 is 1.38 bits per heavy atom. The molecule has 16 heavy (non-hydrogen) atoms. The SMILES string of the molecule is CCN(Cc1ccccn1)CC(C)(C)CN. The first-order valence-corrected chi connectivity index (χ1v) is 5.90. The second kappa shape index (κ2) is 5.97. The standard InChI is InChI=1S/C13H23N3/c1-4-16(11-13(2,3)10-14)9-12-7-5-6-8-15-12/h5-8H,4,9-11,14H2,1-3H3. The molecule has 0 spiro atoms. The zero-order valence-corrected chi connectivity index (χ0v) is 10.6. The molecular weight excluding hydrogens is 198 g/mol. The number of aromatic nitrogens is 1. The predicted octanol–water partition coefficient (Wildman–Crippen LogP) is 1.89. The van der Waals surface area contributed by atoms with Crippen LogP contribution in [0.2, 0.25) is 0 Å². The van der Waals surface area contributed by atoms with Crippen LogP contribution in [0.15, 0.2) is 24.4 Å². The maximum atomic E-state index is 5.76. The molecule has 0 aromatic carbocycles. The number of rotatable bonds is 6. The smallest absolute Gasteiger partial charge is 0.0543 e. The lowest BCUT2D eigenvalue weighted by Gasteiger charge is -2.30. The van der Waals surface area contributed by atoms with E-state index in [9.17, 15) is 0 Å². The number of hydrogen-bond acceptors (Lipinski definition) is 3. The first-order chi connectivity index (χ1) is 7.57. The van der Waals surface area contributed by atoms with Crippen molar-refractivity contribution in [2.24, 2.45) is 11.1 Å². The molecule has 0 radical (unpaired) electrons. The summed E-state index contributed by atoms with van der Waals surface area (Å²) in [6.07, 6.45) is 1.84. The van der Waals surface area contributed by atoms with Gasteiger partial charge in [0.15, 0.2) is 0 Å².